The van der Waals surface area contributed by atoms with E-state index in [1.165, 1.54) is 11.6 Å². The van der Waals surface area contributed by atoms with Crippen molar-refractivity contribution >= 4 is 27.3 Å². The first-order valence-corrected chi connectivity index (χ1v) is 7.00. The van der Waals surface area contributed by atoms with Gasteiger partial charge in [0.05, 0.1) is 4.92 Å². The summed E-state index contributed by atoms with van der Waals surface area (Å²) in [6.45, 7) is 4.64. The number of halogens is 1. The molecule has 2 rings (SSSR count). The summed E-state index contributed by atoms with van der Waals surface area (Å²) in [6.07, 6.45) is 0. The first kappa shape index (κ1) is 14.5. The summed E-state index contributed by atoms with van der Waals surface area (Å²) in [5, 5.41) is 14.1. The molecule has 0 saturated heterocycles. The highest BCUT2D eigenvalue weighted by molar-refractivity contribution is 9.10. The maximum absolute atomic E-state index is 10.8. The van der Waals surface area contributed by atoms with Crippen molar-refractivity contribution in [2.24, 2.45) is 0 Å². The number of nitro benzene ring substituents is 1. The van der Waals surface area contributed by atoms with Crippen LogP contribution < -0.4 is 5.32 Å². The van der Waals surface area contributed by atoms with E-state index in [2.05, 4.69) is 34.2 Å². The van der Waals surface area contributed by atoms with Gasteiger partial charge in [-0.1, -0.05) is 33.6 Å². The van der Waals surface area contributed by atoms with Crippen LogP contribution in [-0.4, -0.2) is 4.92 Å². The molecule has 2 aromatic rings. The number of hydrogen-bond donors (Lipinski definition) is 1. The van der Waals surface area contributed by atoms with E-state index in [0.717, 1.165) is 16.8 Å². The number of non-ortho nitro benzene ring substituents is 1. The quantitative estimate of drug-likeness (QED) is 0.657. The molecule has 0 aromatic heterocycles. The first-order chi connectivity index (χ1) is 9.45. The van der Waals surface area contributed by atoms with Crippen LogP contribution in [0.25, 0.3) is 0 Å². The van der Waals surface area contributed by atoms with Crippen LogP contribution in [0, 0.1) is 24.0 Å². The zero-order valence-electron chi connectivity index (χ0n) is 11.3. The van der Waals surface area contributed by atoms with Gasteiger partial charge in [0.1, 0.15) is 0 Å². The molecule has 0 aliphatic heterocycles. The maximum Gasteiger partial charge on any atom is 0.270 e. The molecule has 20 heavy (non-hydrogen) atoms. The molecular weight excluding hydrogens is 320 g/mol. The van der Waals surface area contributed by atoms with Crippen molar-refractivity contribution in [3.8, 4) is 0 Å². The van der Waals surface area contributed by atoms with Crippen molar-refractivity contribution < 1.29 is 4.92 Å². The minimum absolute atomic E-state index is 0.0943. The normalized spacial score (nSPS) is 10.3. The molecule has 0 aliphatic rings. The molecule has 104 valence electrons. The lowest BCUT2D eigenvalue weighted by atomic mass is 10.1. The van der Waals surface area contributed by atoms with Crippen molar-refractivity contribution in [1.29, 1.82) is 0 Å². The minimum atomic E-state index is -0.384. The number of nitro groups is 1. The molecule has 4 nitrogen and oxygen atoms in total. The number of benzene rings is 2. The van der Waals surface area contributed by atoms with Crippen LogP contribution in [0.15, 0.2) is 40.9 Å². The van der Waals surface area contributed by atoms with Gasteiger partial charge in [0.25, 0.3) is 5.69 Å². The molecule has 0 amide bonds. The lowest BCUT2D eigenvalue weighted by Crippen LogP contribution is -2.02. The SMILES string of the molecule is Cc1ccc(NCc2cc(Br)cc([N+](=O)[O-])c2)c(C)c1. The van der Waals surface area contributed by atoms with Crippen LogP contribution in [-0.2, 0) is 6.54 Å². The smallest absolute Gasteiger partial charge is 0.270 e. The fraction of sp³-hybridized carbons (Fsp3) is 0.200. The monoisotopic (exact) mass is 334 g/mol. The highest BCUT2D eigenvalue weighted by atomic mass is 79.9. The molecule has 2 aromatic carbocycles. The van der Waals surface area contributed by atoms with Gasteiger partial charge in [0.15, 0.2) is 0 Å². The third kappa shape index (κ3) is 3.57. The van der Waals surface area contributed by atoms with Crippen LogP contribution in [0.3, 0.4) is 0 Å². The molecule has 0 radical (unpaired) electrons. The van der Waals surface area contributed by atoms with Crippen LogP contribution in [0.4, 0.5) is 11.4 Å². The van der Waals surface area contributed by atoms with Gasteiger partial charge >= 0.3 is 0 Å². The zero-order chi connectivity index (χ0) is 14.7. The summed E-state index contributed by atoms with van der Waals surface area (Å²) in [5.74, 6) is 0. The molecular formula is C15H15BrN2O2. The Kier molecular flexibility index (Phi) is 4.39. The first-order valence-electron chi connectivity index (χ1n) is 6.20. The molecule has 0 bridgehead atoms. The average molecular weight is 335 g/mol. The van der Waals surface area contributed by atoms with Gasteiger partial charge in [-0.25, -0.2) is 0 Å². The van der Waals surface area contributed by atoms with Crippen molar-refractivity contribution in [2.45, 2.75) is 20.4 Å². The topological polar surface area (TPSA) is 55.2 Å². The van der Waals surface area contributed by atoms with E-state index in [9.17, 15) is 10.1 Å². The van der Waals surface area contributed by atoms with Crippen molar-refractivity contribution in [1.82, 2.24) is 0 Å². The fourth-order valence-electron chi connectivity index (χ4n) is 2.05. The Morgan fingerprint density at radius 2 is 1.95 bits per heavy atom. The van der Waals surface area contributed by atoms with E-state index in [1.54, 1.807) is 6.07 Å². The molecule has 0 heterocycles. The molecule has 5 heteroatoms. The van der Waals surface area contributed by atoms with Gasteiger partial charge in [0, 0.05) is 28.8 Å². The maximum atomic E-state index is 10.8. The van der Waals surface area contributed by atoms with Gasteiger partial charge < -0.3 is 5.32 Å². The highest BCUT2D eigenvalue weighted by Gasteiger charge is 2.08. The Morgan fingerprint density at radius 3 is 2.60 bits per heavy atom. The largest absolute Gasteiger partial charge is 0.381 e. The van der Waals surface area contributed by atoms with Gasteiger partial charge in [-0.2, -0.15) is 0 Å². The number of nitrogens with one attached hydrogen (secondary N) is 1. The van der Waals surface area contributed by atoms with Crippen LogP contribution >= 0.6 is 15.9 Å². The van der Waals surface area contributed by atoms with E-state index in [4.69, 9.17) is 0 Å². The Bertz CT molecular complexity index is 656. The number of anilines is 1. The van der Waals surface area contributed by atoms with Gasteiger partial charge in [-0.3, -0.25) is 10.1 Å². The molecule has 0 atom stereocenters. The van der Waals surface area contributed by atoms with Gasteiger partial charge in [-0.05, 0) is 37.1 Å². The number of nitrogens with zero attached hydrogens (tertiary/aromatic N) is 1. The molecule has 0 aliphatic carbocycles. The van der Waals surface area contributed by atoms with Gasteiger partial charge in [0.2, 0.25) is 0 Å². The van der Waals surface area contributed by atoms with Crippen molar-refractivity contribution in [3.63, 3.8) is 0 Å². The van der Waals surface area contributed by atoms with Crippen molar-refractivity contribution in [3.05, 3.63) is 67.7 Å². The van der Waals surface area contributed by atoms with Gasteiger partial charge in [-0.15, -0.1) is 0 Å². The molecule has 0 spiro atoms. The molecule has 0 unspecified atom stereocenters. The van der Waals surface area contributed by atoms with Crippen LogP contribution in [0.5, 0.6) is 0 Å². The second kappa shape index (κ2) is 6.05. The molecule has 0 saturated carbocycles. The summed E-state index contributed by atoms with van der Waals surface area (Å²) in [4.78, 5) is 10.5. The Morgan fingerprint density at radius 1 is 1.20 bits per heavy atom. The summed E-state index contributed by atoms with van der Waals surface area (Å²) >= 11 is 3.30. The minimum Gasteiger partial charge on any atom is -0.381 e. The predicted octanol–water partition coefficient (Wildman–Crippen LogP) is 4.59. The summed E-state index contributed by atoms with van der Waals surface area (Å²) in [7, 11) is 0. The van der Waals surface area contributed by atoms with Crippen LogP contribution in [0.1, 0.15) is 16.7 Å². The molecule has 0 fully saturated rings. The third-order valence-electron chi connectivity index (χ3n) is 3.02. The standard InChI is InChI=1S/C15H15BrN2O2/c1-10-3-4-15(11(2)5-10)17-9-12-6-13(16)8-14(7-12)18(19)20/h3-8,17H,9H2,1-2H3. The van der Waals surface area contributed by atoms with Crippen molar-refractivity contribution in [2.75, 3.05) is 5.32 Å². The predicted molar refractivity (Wildman–Crippen MR) is 84.0 cm³/mol. The Balaban J connectivity index is 2.16. The van der Waals surface area contributed by atoms with E-state index in [1.807, 2.05) is 25.1 Å². The zero-order valence-corrected chi connectivity index (χ0v) is 12.9. The number of rotatable bonds is 4. The number of hydrogen-bond acceptors (Lipinski definition) is 3. The lowest BCUT2D eigenvalue weighted by Gasteiger charge is -2.10. The van der Waals surface area contributed by atoms with Crippen LogP contribution in [0.2, 0.25) is 0 Å². The Labute approximate surface area is 126 Å². The summed E-state index contributed by atoms with van der Waals surface area (Å²) < 4.78 is 0.712. The summed E-state index contributed by atoms with van der Waals surface area (Å²) in [5.41, 5.74) is 4.38. The fourth-order valence-corrected chi connectivity index (χ4v) is 2.58. The van der Waals surface area contributed by atoms with E-state index < -0.39 is 0 Å². The Hall–Kier alpha value is -1.88. The second-order valence-corrected chi connectivity index (χ2v) is 5.66. The van der Waals surface area contributed by atoms with E-state index in [0.29, 0.717) is 11.0 Å². The van der Waals surface area contributed by atoms with E-state index >= 15 is 0 Å². The lowest BCUT2D eigenvalue weighted by molar-refractivity contribution is -0.385. The summed E-state index contributed by atoms with van der Waals surface area (Å²) in [6, 6.07) is 11.1. The number of aryl methyl sites for hydroxylation is 2. The average Bonchev–Trinajstić information content (AvgIpc) is 2.37. The second-order valence-electron chi connectivity index (χ2n) is 4.75. The highest BCUT2D eigenvalue weighted by Crippen LogP contribution is 2.23. The third-order valence-corrected chi connectivity index (χ3v) is 3.48. The van der Waals surface area contributed by atoms with E-state index in [-0.39, 0.29) is 10.6 Å². The molecule has 1 N–H and O–H groups in total.